The molecule has 2 heterocycles. The molecule has 1 saturated heterocycles. The molecule has 0 aliphatic carbocycles. The molecule has 2 amide bonds. The molecule has 2 atom stereocenters. The molecule has 1 aromatic heterocycles. The van der Waals surface area contributed by atoms with Crippen LogP contribution in [0.1, 0.15) is 6.92 Å². The summed E-state index contributed by atoms with van der Waals surface area (Å²) in [7, 11) is 0. The molecule has 0 radical (unpaired) electrons. The molecule has 7 nitrogen and oxygen atoms in total. The number of hydrogen-bond acceptors (Lipinski definition) is 5. The molecule has 8 heteroatoms. The number of amides is 2. The summed E-state index contributed by atoms with van der Waals surface area (Å²) in [6, 6.07) is -0.322. The summed E-state index contributed by atoms with van der Waals surface area (Å²) >= 11 is 1.22. The summed E-state index contributed by atoms with van der Waals surface area (Å²) < 4.78 is 0. The molecule has 2 unspecified atom stereocenters. The van der Waals surface area contributed by atoms with Crippen molar-refractivity contribution in [1.29, 1.82) is 0 Å². The molecule has 0 saturated carbocycles. The van der Waals surface area contributed by atoms with Crippen LogP contribution in [0, 0.1) is 11.8 Å². The molecule has 0 spiro atoms. The van der Waals surface area contributed by atoms with E-state index >= 15 is 0 Å². The number of carboxylic acids is 1. The largest absolute Gasteiger partial charge is 0.481 e. The highest BCUT2D eigenvalue weighted by Crippen LogP contribution is 2.23. The Kier molecular flexibility index (Phi) is 3.23. The number of aromatic nitrogens is 2. The van der Waals surface area contributed by atoms with Crippen molar-refractivity contribution in [2.45, 2.75) is 6.92 Å². The van der Waals surface area contributed by atoms with Gasteiger partial charge < -0.3 is 10.0 Å². The van der Waals surface area contributed by atoms with E-state index in [0.717, 1.165) is 0 Å². The van der Waals surface area contributed by atoms with E-state index in [4.69, 9.17) is 5.11 Å². The number of urea groups is 1. The lowest BCUT2D eigenvalue weighted by Gasteiger charge is -2.15. The zero-order chi connectivity index (χ0) is 12.4. The minimum Gasteiger partial charge on any atom is -0.481 e. The molecule has 1 aromatic rings. The van der Waals surface area contributed by atoms with Gasteiger partial charge in [0, 0.05) is 13.1 Å². The number of aliphatic carboxylic acids is 1. The molecular formula is C9H12N4O3S. The van der Waals surface area contributed by atoms with Crippen LogP contribution < -0.4 is 5.32 Å². The fourth-order valence-electron chi connectivity index (χ4n) is 1.85. The minimum atomic E-state index is -0.858. The summed E-state index contributed by atoms with van der Waals surface area (Å²) in [6.45, 7) is 2.51. The molecule has 17 heavy (non-hydrogen) atoms. The first-order chi connectivity index (χ1) is 8.08. The first-order valence-corrected chi connectivity index (χ1v) is 6.01. The maximum Gasteiger partial charge on any atom is 0.323 e. The summed E-state index contributed by atoms with van der Waals surface area (Å²) in [4.78, 5) is 24.2. The van der Waals surface area contributed by atoms with Gasteiger partial charge in [0.15, 0.2) is 0 Å². The van der Waals surface area contributed by atoms with Crippen molar-refractivity contribution < 1.29 is 14.7 Å². The van der Waals surface area contributed by atoms with Crippen LogP contribution in [0.4, 0.5) is 9.93 Å². The maximum absolute atomic E-state index is 11.8. The highest BCUT2D eigenvalue weighted by molar-refractivity contribution is 7.13. The Labute approximate surface area is 101 Å². The maximum atomic E-state index is 11.8. The van der Waals surface area contributed by atoms with Gasteiger partial charge in [0.05, 0.1) is 5.92 Å². The molecular weight excluding hydrogens is 244 g/mol. The van der Waals surface area contributed by atoms with E-state index < -0.39 is 11.9 Å². The number of nitrogens with one attached hydrogen (secondary N) is 1. The summed E-state index contributed by atoms with van der Waals surface area (Å²) in [5.74, 6) is -1.38. The van der Waals surface area contributed by atoms with Gasteiger partial charge in [0.25, 0.3) is 0 Å². The van der Waals surface area contributed by atoms with Crippen molar-refractivity contribution in [3.05, 3.63) is 5.51 Å². The van der Waals surface area contributed by atoms with E-state index in [0.29, 0.717) is 11.7 Å². The van der Waals surface area contributed by atoms with Gasteiger partial charge in [-0.2, -0.15) is 0 Å². The van der Waals surface area contributed by atoms with Crippen LogP contribution in [-0.4, -0.2) is 45.3 Å². The van der Waals surface area contributed by atoms with Crippen LogP contribution >= 0.6 is 11.3 Å². The van der Waals surface area contributed by atoms with Crippen LogP contribution in [0.25, 0.3) is 0 Å². The number of rotatable bonds is 2. The molecule has 1 fully saturated rings. The zero-order valence-corrected chi connectivity index (χ0v) is 9.98. The number of carbonyl (C=O) groups is 2. The minimum absolute atomic E-state index is 0.0346. The highest BCUT2D eigenvalue weighted by atomic mass is 32.1. The average molecular weight is 256 g/mol. The summed E-state index contributed by atoms with van der Waals surface area (Å²) in [5, 5.41) is 19.3. The van der Waals surface area contributed by atoms with Gasteiger partial charge in [-0.15, -0.1) is 10.2 Å². The molecule has 1 aliphatic rings. The summed E-state index contributed by atoms with van der Waals surface area (Å²) in [5.41, 5.74) is 1.52. The Balaban J connectivity index is 1.96. The topological polar surface area (TPSA) is 95.4 Å². The predicted octanol–water partition coefficient (Wildman–Crippen LogP) is 0.722. The third kappa shape index (κ3) is 2.52. The number of likely N-dealkylation sites (tertiary alicyclic amines) is 1. The second kappa shape index (κ2) is 4.66. The lowest BCUT2D eigenvalue weighted by molar-refractivity contribution is -0.142. The quantitative estimate of drug-likeness (QED) is 0.813. The zero-order valence-electron chi connectivity index (χ0n) is 9.16. The second-order valence-corrected chi connectivity index (χ2v) is 4.83. The lowest BCUT2D eigenvalue weighted by atomic mass is 9.99. The number of nitrogens with zero attached hydrogens (tertiary/aromatic N) is 3. The standard InChI is InChI=1S/C9H12N4O3S/c1-5-2-13(3-6(5)7(14)15)9(16)11-8-12-10-4-17-8/h4-6H,2-3H2,1H3,(H,14,15)(H,11,12,16). The van der Waals surface area contributed by atoms with Crippen LogP contribution in [0.5, 0.6) is 0 Å². The Morgan fingerprint density at radius 2 is 2.35 bits per heavy atom. The SMILES string of the molecule is CC1CN(C(=O)Nc2nncs2)CC1C(=O)O. The predicted molar refractivity (Wildman–Crippen MR) is 60.8 cm³/mol. The van der Waals surface area contributed by atoms with Crippen molar-refractivity contribution >= 4 is 28.5 Å². The van der Waals surface area contributed by atoms with Crippen LogP contribution in [0.3, 0.4) is 0 Å². The smallest absolute Gasteiger partial charge is 0.323 e. The first-order valence-electron chi connectivity index (χ1n) is 5.13. The molecule has 0 bridgehead atoms. The summed E-state index contributed by atoms with van der Waals surface area (Å²) in [6.07, 6.45) is 0. The fraction of sp³-hybridized carbons (Fsp3) is 0.556. The van der Waals surface area contributed by atoms with Crippen molar-refractivity contribution in [3.63, 3.8) is 0 Å². The van der Waals surface area contributed by atoms with Crippen molar-refractivity contribution in [3.8, 4) is 0 Å². The number of carbonyl (C=O) groups excluding carboxylic acids is 1. The molecule has 1 aliphatic heterocycles. The van der Waals surface area contributed by atoms with Crippen LogP contribution in [0.15, 0.2) is 5.51 Å². The Bertz CT molecular complexity index is 422. The number of carboxylic acid groups (broad SMARTS) is 1. The Morgan fingerprint density at radius 1 is 1.59 bits per heavy atom. The van der Waals surface area contributed by atoms with Crippen molar-refractivity contribution in [2.75, 3.05) is 18.4 Å². The van der Waals surface area contributed by atoms with Gasteiger partial charge in [0.1, 0.15) is 5.51 Å². The molecule has 2 rings (SSSR count). The van der Waals surface area contributed by atoms with Gasteiger partial charge in [-0.1, -0.05) is 18.3 Å². The molecule has 2 N–H and O–H groups in total. The monoisotopic (exact) mass is 256 g/mol. The van der Waals surface area contributed by atoms with E-state index in [1.807, 2.05) is 6.92 Å². The Hall–Kier alpha value is -1.70. The van der Waals surface area contributed by atoms with Crippen LogP contribution in [0.2, 0.25) is 0 Å². The second-order valence-electron chi connectivity index (χ2n) is 4.00. The first kappa shape index (κ1) is 11.8. The number of anilines is 1. The van der Waals surface area contributed by atoms with E-state index in [1.54, 1.807) is 0 Å². The van der Waals surface area contributed by atoms with E-state index in [-0.39, 0.29) is 18.5 Å². The van der Waals surface area contributed by atoms with E-state index in [9.17, 15) is 9.59 Å². The van der Waals surface area contributed by atoms with Gasteiger partial charge in [-0.05, 0) is 5.92 Å². The van der Waals surface area contributed by atoms with Crippen molar-refractivity contribution in [2.24, 2.45) is 11.8 Å². The van der Waals surface area contributed by atoms with Gasteiger partial charge in [-0.3, -0.25) is 10.1 Å². The van der Waals surface area contributed by atoms with Crippen molar-refractivity contribution in [1.82, 2.24) is 15.1 Å². The average Bonchev–Trinajstić information content (AvgIpc) is 2.86. The Morgan fingerprint density at radius 3 is 2.88 bits per heavy atom. The lowest BCUT2D eigenvalue weighted by Crippen LogP contribution is -2.33. The number of hydrogen-bond donors (Lipinski definition) is 2. The van der Waals surface area contributed by atoms with E-state index in [2.05, 4.69) is 15.5 Å². The van der Waals surface area contributed by atoms with Gasteiger partial charge in [0.2, 0.25) is 5.13 Å². The van der Waals surface area contributed by atoms with Gasteiger partial charge >= 0.3 is 12.0 Å². The van der Waals surface area contributed by atoms with Crippen LogP contribution in [-0.2, 0) is 4.79 Å². The molecule has 0 aromatic carbocycles. The van der Waals surface area contributed by atoms with E-state index in [1.165, 1.54) is 21.7 Å². The normalized spacial score (nSPS) is 23.7. The van der Waals surface area contributed by atoms with Gasteiger partial charge in [-0.25, -0.2) is 4.79 Å². The third-order valence-corrected chi connectivity index (χ3v) is 3.40. The molecule has 92 valence electrons. The third-order valence-electron chi connectivity index (χ3n) is 2.79. The highest BCUT2D eigenvalue weighted by Gasteiger charge is 2.37. The fourth-order valence-corrected chi connectivity index (χ4v) is 2.29.